The van der Waals surface area contributed by atoms with Gasteiger partial charge < -0.3 is 10.1 Å². The van der Waals surface area contributed by atoms with E-state index in [4.69, 9.17) is 16.3 Å². The van der Waals surface area contributed by atoms with Gasteiger partial charge in [-0.1, -0.05) is 36.9 Å². The van der Waals surface area contributed by atoms with Gasteiger partial charge in [-0.05, 0) is 44.7 Å². The molecule has 1 amide bonds. The Balaban J connectivity index is 1.88. The van der Waals surface area contributed by atoms with Gasteiger partial charge in [-0.25, -0.2) is 9.18 Å². The average molecular weight is 394 g/mol. The Bertz CT molecular complexity index is 734. The maximum Gasteiger partial charge on any atom is 0.336 e. The maximum atomic E-state index is 14.5. The van der Waals surface area contributed by atoms with Crippen molar-refractivity contribution in [3.8, 4) is 0 Å². The van der Waals surface area contributed by atoms with Crippen molar-refractivity contribution in [2.75, 3.05) is 0 Å². The van der Waals surface area contributed by atoms with Gasteiger partial charge in [0.05, 0.1) is 5.57 Å². The summed E-state index contributed by atoms with van der Waals surface area (Å²) in [7, 11) is 0. The maximum absolute atomic E-state index is 14.5. The number of halogens is 2. The molecule has 1 aliphatic heterocycles. The number of allylic oxidation sites excluding steroid dienone is 1. The second kappa shape index (κ2) is 8.87. The molecular weight excluding hydrogens is 369 g/mol. The summed E-state index contributed by atoms with van der Waals surface area (Å²) in [5, 5.41) is 2.89. The topological polar surface area (TPSA) is 55.4 Å². The number of nitrogens with one attached hydrogen (secondary N) is 1. The fourth-order valence-corrected chi connectivity index (χ4v) is 4.31. The molecule has 3 rings (SSSR count). The van der Waals surface area contributed by atoms with Crippen LogP contribution in [0.5, 0.6) is 0 Å². The number of carbonyl (C=O) groups is 2. The number of hydrogen-bond acceptors (Lipinski definition) is 3. The molecule has 2 aliphatic rings. The predicted octanol–water partition coefficient (Wildman–Crippen LogP) is 5.01. The van der Waals surface area contributed by atoms with Crippen LogP contribution < -0.4 is 5.32 Å². The van der Waals surface area contributed by atoms with Crippen molar-refractivity contribution >= 4 is 23.5 Å². The fraction of sp³-hybridized carbons (Fsp3) is 0.524. The van der Waals surface area contributed by atoms with E-state index in [1.54, 1.807) is 13.0 Å². The number of esters is 1. The summed E-state index contributed by atoms with van der Waals surface area (Å²) in [5.74, 6) is -2.01. The van der Waals surface area contributed by atoms with Crippen molar-refractivity contribution in [3.63, 3.8) is 0 Å². The van der Waals surface area contributed by atoms with Crippen LogP contribution in [-0.2, 0) is 14.3 Å². The number of benzene rings is 1. The van der Waals surface area contributed by atoms with E-state index in [0.29, 0.717) is 11.3 Å². The molecule has 1 fully saturated rings. The Kier molecular flexibility index (Phi) is 6.53. The van der Waals surface area contributed by atoms with Gasteiger partial charge in [0.1, 0.15) is 11.9 Å². The van der Waals surface area contributed by atoms with E-state index in [0.717, 1.165) is 38.5 Å². The lowest BCUT2D eigenvalue weighted by Crippen LogP contribution is -2.35. The van der Waals surface area contributed by atoms with Crippen LogP contribution in [0.4, 0.5) is 4.39 Å². The summed E-state index contributed by atoms with van der Waals surface area (Å²) in [6, 6.07) is 4.37. The normalized spacial score (nSPS) is 22.0. The summed E-state index contributed by atoms with van der Waals surface area (Å²) in [6.07, 6.45) is 7.12. The summed E-state index contributed by atoms with van der Waals surface area (Å²) in [4.78, 5) is 25.0. The molecule has 0 aromatic heterocycles. The monoisotopic (exact) mass is 393 g/mol. The Morgan fingerprint density at radius 1 is 1.19 bits per heavy atom. The molecule has 1 aromatic rings. The van der Waals surface area contributed by atoms with Crippen LogP contribution in [0.15, 0.2) is 29.5 Å². The fourth-order valence-electron chi connectivity index (χ4n) is 4.01. The van der Waals surface area contributed by atoms with Gasteiger partial charge in [-0.15, -0.1) is 0 Å². The number of ether oxygens (including phenoxy) is 1. The molecule has 0 spiro atoms. The lowest BCUT2D eigenvalue weighted by molar-refractivity contribution is -0.145. The van der Waals surface area contributed by atoms with Crippen LogP contribution in [0, 0.1) is 5.82 Å². The van der Waals surface area contributed by atoms with Crippen molar-refractivity contribution in [1.82, 2.24) is 5.32 Å². The van der Waals surface area contributed by atoms with Crippen molar-refractivity contribution < 1.29 is 18.7 Å². The van der Waals surface area contributed by atoms with Gasteiger partial charge in [0.2, 0.25) is 5.91 Å². The Morgan fingerprint density at radius 3 is 2.52 bits per heavy atom. The Labute approximate surface area is 164 Å². The number of hydrogen-bond donors (Lipinski definition) is 1. The van der Waals surface area contributed by atoms with Crippen molar-refractivity contribution in [3.05, 3.63) is 45.9 Å². The molecule has 27 heavy (non-hydrogen) atoms. The highest BCUT2D eigenvalue weighted by atomic mass is 35.5. The molecule has 0 radical (unpaired) electrons. The van der Waals surface area contributed by atoms with Crippen molar-refractivity contribution in [2.45, 2.75) is 70.3 Å². The minimum atomic E-state index is -0.742. The largest absolute Gasteiger partial charge is 0.459 e. The van der Waals surface area contributed by atoms with Gasteiger partial charge in [0, 0.05) is 28.6 Å². The molecule has 0 unspecified atom stereocenters. The Morgan fingerprint density at radius 2 is 1.85 bits per heavy atom. The first-order valence-corrected chi connectivity index (χ1v) is 10.0. The van der Waals surface area contributed by atoms with Gasteiger partial charge in [-0.3, -0.25) is 4.79 Å². The lowest BCUT2D eigenvalue weighted by atomic mass is 9.84. The third kappa shape index (κ3) is 4.70. The number of carbonyl (C=O) groups excluding carboxylic acids is 2. The lowest BCUT2D eigenvalue weighted by Gasteiger charge is -2.29. The van der Waals surface area contributed by atoms with E-state index >= 15 is 0 Å². The summed E-state index contributed by atoms with van der Waals surface area (Å²) >= 11 is 6.21. The van der Waals surface area contributed by atoms with Gasteiger partial charge in [0.25, 0.3) is 0 Å². The van der Waals surface area contributed by atoms with E-state index in [9.17, 15) is 14.0 Å². The zero-order chi connectivity index (χ0) is 19.4. The molecule has 146 valence electrons. The first-order valence-electron chi connectivity index (χ1n) is 9.63. The van der Waals surface area contributed by atoms with Gasteiger partial charge in [-0.2, -0.15) is 0 Å². The zero-order valence-electron chi connectivity index (χ0n) is 15.5. The van der Waals surface area contributed by atoms with Gasteiger partial charge >= 0.3 is 5.97 Å². The van der Waals surface area contributed by atoms with Crippen LogP contribution in [0.2, 0.25) is 5.02 Å². The van der Waals surface area contributed by atoms with E-state index in [1.807, 2.05) is 0 Å². The van der Waals surface area contributed by atoms with E-state index in [1.165, 1.54) is 18.6 Å². The summed E-state index contributed by atoms with van der Waals surface area (Å²) in [6.45, 7) is 1.65. The second-order valence-corrected chi connectivity index (χ2v) is 7.76. The smallest absolute Gasteiger partial charge is 0.336 e. The van der Waals surface area contributed by atoms with Crippen molar-refractivity contribution in [1.29, 1.82) is 0 Å². The van der Waals surface area contributed by atoms with E-state index in [-0.39, 0.29) is 29.0 Å². The molecule has 0 bridgehead atoms. The molecule has 0 saturated heterocycles. The molecular formula is C21H25ClFNO3. The van der Waals surface area contributed by atoms with Crippen LogP contribution in [0.1, 0.15) is 69.8 Å². The van der Waals surface area contributed by atoms with E-state index in [2.05, 4.69) is 5.32 Å². The van der Waals surface area contributed by atoms with Crippen LogP contribution in [0.3, 0.4) is 0 Å². The first-order chi connectivity index (χ1) is 13.0. The summed E-state index contributed by atoms with van der Waals surface area (Å²) < 4.78 is 20.3. The zero-order valence-corrected chi connectivity index (χ0v) is 16.3. The minimum absolute atomic E-state index is 0.0346. The van der Waals surface area contributed by atoms with Gasteiger partial charge in [0.15, 0.2) is 0 Å². The summed E-state index contributed by atoms with van der Waals surface area (Å²) in [5.41, 5.74) is 0.882. The molecule has 1 atom stereocenters. The molecule has 4 nitrogen and oxygen atoms in total. The van der Waals surface area contributed by atoms with Crippen LogP contribution >= 0.6 is 11.6 Å². The minimum Gasteiger partial charge on any atom is -0.459 e. The van der Waals surface area contributed by atoms with Crippen molar-refractivity contribution in [2.24, 2.45) is 0 Å². The number of amides is 1. The molecule has 6 heteroatoms. The highest BCUT2D eigenvalue weighted by Crippen LogP contribution is 2.39. The first kappa shape index (κ1) is 19.9. The second-order valence-electron chi connectivity index (χ2n) is 7.35. The Hall–Kier alpha value is -1.88. The quantitative estimate of drug-likeness (QED) is 0.734. The molecule has 1 heterocycles. The standard InChI is InChI=1S/C21H25ClFNO3/c1-13-19(21(26)27-14-8-5-3-2-4-6-9-14)15(12-18(25)24-13)20-16(22)10-7-11-17(20)23/h7,10-11,14-15H,2-6,8-9,12H2,1H3,(H,24,25)/t15-/m0/s1. The van der Waals surface area contributed by atoms with Crippen LogP contribution in [-0.4, -0.2) is 18.0 Å². The molecule has 1 aromatic carbocycles. The van der Waals surface area contributed by atoms with E-state index < -0.39 is 17.7 Å². The predicted molar refractivity (Wildman–Crippen MR) is 102 cm³/mol. The van der Waals surface area contributed by atoms with Crippen LogP contribution in [0.25, 0.3) is 0 Å². The third-order valence-electron chi connectivity index (χ3n) is 5.36. The third-order valence-corrected chi connectivity index (χ3v) is 5.69. The molecule has 1 aliphatic carbocycles. The molecule has 1 N–H and O–H groups in total. The highest BCUT2D eigenvalue weighted by Gasteiger charge is 2.36. The molecule has 1 saturated carbocycles. The average Bonchev–Trinajstić information content (AvgIpc) is 2.56. The number of rotatable bonds is 3. The highest BCUT2D eigenvalue weighted by molar-refractivity contribution is 6.31. The SMILES string of the molecule is CC1=C(C(=O)OC2CCCCCCC2)[C@@H](c2c(F)cccc2Cl)CC(=O)N1.